The molecule has 0 radical (unpaired) electrons. The van der Waals surface area contributed by atoms with Crippen LogP contribution < -0.4 is 4.74 Å². The van der Waals surface area contributed by atoms with Gasteiger partial charge >= 0.3 is 0 Å². The molecule has 0 N–H and O–H groups in total. The van der Waals surface area contributed by atoms with Crippen molar-refractivity contribution in [2.75, 3.05) is 12.9 Å². The largest absolute Gasteiger partial charge is 0.497 e. The first kappa shape index (κ1) is 13.9. The van der Waals surface area contributed by atoms with Crippen molar-refractivity contribution in [2.24, 2.45) is 0 Å². The second kappa shape index (κ2) is 6.18. The molecule has 1 aromatic carbocycles. The Kier molecular flexibility index (Phi) is 4.10. The number of thioether (sulfide) groups is 1. The van der Waals surface area contributed by atoms with E-state index in [1.54, 1.807) is 31.3 Å². The second-order valence-electron chi connectivity index (χ2n) is 4.82. The van der Waals surface area contributed by atoms with Crippen molar-refractivity contribution >= 4 is 17.7 Å². The fourth-order valence-electron chi connectivity index (χ4n) is 2.38. The molecule has 1 fully saturated rings. The van der Waals surface area contributed by atoms with Crippen LogP contribution in [0.25, 0.3) is 0 Å². The zero-order valence-corrected chi connectivity index (χ0v) is 12.5. The van der Waals surface area contributed by atoms with Gasteiger partial charge in [0.1, 0.15) is 11.1 Å². The van der Waals surface area contributed by atoms with E-state index in [1.165, 1.54) is 0 Å². The first-order chi connectivity index (χ1) is 10.3. The Balaban J connectivity index is 1.85. The van der Waals surface area contributed by atoms with Crippen LogP contribution in [0.2, 0.25) is 0 Å². The van der Waals surface area contributed by atoms with Gasteiger partial charge in [-0.1, -0.05) is 12.1 Å². The van der Waals surface area contributed by atoms with Crippen molar-refractivity contribution in [1.82, 2.24) is 9.88 Å². The van der Waals surface area contributed by atoms with Gasteiger partial charge in [-0.25, -0.2) is 0 Å². The van der Waals surface area contributed by atoms with Gasteiger partial charge in [0.2, 0.25) is 5.91 Å². The molecule has 1 saturated heterocycles. The number of ether oxygens (including phenoxy) is 1. The van der Waals surface area contributed by atoms with Gasteiger partial charge in [0.15, 0.2) is 0 Å². The second-order valence-corrected chi connectivity index (χ2v) is 5.89. The van der Waals surface area contributed by atoms with Crippen LogP contribution in [0.15, 0.2) is 48.8 Å². The minimum absolute atomic E-state index is 0.0424. The predicted octanol–water partition coefficient (Wildman–Crippen LogP) is 2.86. The number of rotatable bonds is 4. The zero-order chi connectivity index (χ0) is 14.7. The molecule has 2 aromatic rings. The fraction of sp³-hybridized carbons (Fsp3) is 0.250. The van der Waals surface area contributed by atoms with Crippen LogP contribution in [-0.4, -0.2) is 28.7 Å². The topological polar surface area (TPSA) is 42.4 Å². The lowest BCUT2D eigenvalue weighted by Gasteiger charge is -2.24. The number of carbonyl (C=O) groups is 1. The van der Waals surface area contributed by atoms with E-state index in [1.807, 2.05) is 41.3 Å². The van der Waals surface area contributed by atoms with Crippen molar-refractivity contribution in [1.29, 1.82) is 0 Å². The molecule has 1 unspecified atom stereocenters. The molecule has 2 heterocycles. The van der Waals surface area contributed by atoms with Crippen LogP contribution >= 0.6 is 11.8 Å². The minimum Gasteiger partial charge on any atom is -0.497 e. The third-order valence-electron chi connectivity index (χ3n) is 3.45. The molecule has 0 bridgehead atoms. The molecule has 4 nitrogen and oxygen atoms in total. The monoisotopic (exact) mass is 300 g/mol. The van der Waals surface area contributed by atoms with Crippen molar-refractivity contribution in [2.45, 2.75) is 11.9 Å². The Morgan fingerprint density at radius 2 is 2.14 bits per heavy atom. The highest BCUT2D eigenvalue weighted by Gasteiger charge is 2.32. The molecule has 108 valence electrons. The maximum absolute atomic E-state index is 12.2. The molecule has 5 heteroatoms. The third kappa shape index (κ3) is 3.03. The molecule has 1 aliphatic rings. The molecule has 1 amide bonds. The lowest BCUT2D eigenvalue weighted by atomic mass is 10.1. The van der Waals surface area contributed by atoms with E-state index in [-0.39, 0.29) is 11.3 Å². The molecule has 0 aliphatic carbocycles. The number of aromatic nitrogens is 1. The molecule has 1 atom stereocenters. The first-order valence-corrected chi connectivity index (χ1v) is 7.77. The molecule has 1 aliphatic heterocycles. The average Bonchev–Trinajstić information content (AvgIpc) is 2.89. The van der Waals surface area contributed by atoms with Crippen LogP contribution in [0, 0.1) is 0 Å². The number of hydrogen-bond acceptors (Lipinski definition) is 4. The highest BCUT2D eigenvalue weighted by molar-refractivity contribution is 8.00. The molecule has 21 heavy (non-hydrogen) atoms. The number of carbonyl (C=O) groups excluding carboxylic acids is 1. The first-order valence-electron chi connectivity index (χ1n) is 6.72. The Morgan fingerprint density at radius 3 is 2.90 bits per heavy atom. The summed E-state index contributed by atoms with van der Waals surface area (Å²) in [7, 11) is 1.65. The van der Waals surface area contributed by atoms with E-state index >= 15 is 0 Å². The van der Waals surface area contributed by atoms with E-state index in [4.69, 9.17) is 4.74 Å². The lowest BCUT2D eigenvalue weighted by molar-refractivity contribution is -0.128. The van der Waals surface area contributed by atoms with Crippen molar-refractivity contribution < 1.29 is 9.53 Å². The van der Waals surface area contributed by atoms with Crippen molar-refractivity contribution in [3.05, 3.63) is 59.9 Å². The maximum Gasteiger partial charge on any atom is 0.234 e. The van der Waals surface area contributed by atoms with Gasteiger partial charge in [-0.05, 0) is 35.4 Å². The summed E-state index contributed by atoms with van der Waals surface area (Å²) in [5.74, 6) is 1.51. The summed E-state index contributed by atoms with van der Waals surface area (Å²) in [5.41, 5.74) is 2.19. The molecular formula is C16H16N2O2S. The number of benzene rings is 1. The van der Waals surface area contributed by atoms with Gasteiger partial charge < -0.3 is 9.64 Å². The summed E-state index contributed by atoms with van der Waals surface area (Å²) >= 11 is 1.66. The number of methoxy groups -OCH3 is 1. The zero-order valence-electron chi connectivity index (χ0n) is 11.7. The number of amides is 1. The number of hydrogen-bond donors (Lipinski definition) is 0. The molecule has 0 saturated carbocycles. The number of nitrogens with zero attached hydrogens (tertiary/aromatic N) is 2. The number of pyridine rings is 1. The Hall–Kier alpha value is -2.01. The molecule has 1 aromatic heterocycles. The van der Waals surface area contributed by atoms with Crippen LogP contribution in [-0.2, 0) is 11.3 Å². The van der Waals surface area contributed by atoms with Crippen LogP contribution in [0.5, 0.6) is 5.75 Å². The normalized spacial score (nSPS) is 18.0. The van der Waals surface area contributed by atoms with E-state index in [2.05, 4.69) is 4.98 Å². The molecular weight excluding hydrogens is 284 g/mol. The van der Waals surface area contributed by atoms with Crippen LogP contribution in [0.3, 0.4) is 0 Å². The van der Waals surface area contributed by atoms with E-state index in [0.717, 1.165) is 16.9 Å². The van der Waals surface area contributed by atoms with Gasteiger partial charge in [-0.15, -0.1) is 11.8 Å². The minimum atomic E-state index is 0.0424. The van der Waals surface area contributed by atoms with Gasteiger partial charge in [0, 0.05) is 18.9 Å². The van der Waals surface area contributed by atoms with E-state index in [0.29, 0.717) is 12.3 Å². The van der Waals surface area contributed by atoms with E-state index < -0.39 is 0 Å². The standard InChI is InChI=1S/C16H16N2O2S/c1-20-14-4-2-3-13(9-14)16-18(15(19)11-21-16)10-12-5-7-17-8-6-12/h2-9,16H,10-11H2,1H3. The van der Waals surface area contributed by atoms with Crippen LogP contribution in [0.4, 0.5) is 0 Å². The summed E-state index contributed by atoms with van der Waals surface area (Å²) in [6.45, 7) is 0.607. The van der Waals surface area contributed by atoms with Gasteiger partial charge in [-0.3, -0.25) is 9.78 Å². The van der Waals surface area contributed by atoms with Gasteiger partial charge in [-0.2, -0.15) is 0 Å². The summed E-state index contributed by atoms with van der Waals surface area (Å²) in [5, 5.41) is 0.0424. The van der Waals surface area contributed by atoms with Gasteiger partial charge in [0.25, 0.3) is 0 Å². The summed E-state index contributed by atoms with van der Waals surface area (Å²) in [6, 6.07) is 11.8. The third-order valence-corrected chi connectivity index (χ3v) is 4.71. The summed E-state index contributed by atoms with van der Waals surface area (Å²) in [4.78, 5) is 18.1. The average molecular weight is 300 g/mol. The Bertz CT molecular complexity index is 633. The Labute approximate surface area is 128 Å². The fourth-order valence-corrected chi connectivity index (χ4v) is 3.56. The highest BCUT2D eigenvalue weighted by Crippen LogP contribution is 2.40. The smallest absolute Gasteiger partial charge is 0.234 e. The lowest BCUT2D eigenvalue weighted by Crippen LogP contribution is -2.27. The van der Waals surface area contributed by atoms with Gasteiger partial charge in [0.05, 0.1) is 12.9 Å². The maximum atomic E-state index is 12.2. The van der Waals surface area contributed by atoms with Crippen LogP contribution in [0.1, 0.15) is 16.5 Å². The quantitative estimate of drug-likeness (QED) is 0.871. The Morgan fingerprint density at radius 1 is 1.33 bits per heavy atom. The SMILES string of the molecule is COc1cccc(C2SCC(=O)N2Cc2ccncc2)c1. The van der Waals surface area contributed by atoms with Crippen molar-refractivity contribution in [3.63, 3.8) is 0 Å². The van der Waals surface area contributed by atoms with E-state index in [9.17, 15) is 4.79 Å². The highest BCUT2D eigenvalue weighted by atomic mass is 32.2. The molecule has 3 rings (SSSR count). The summed E-state index contributed by atoms with van der Waals surface area (Å²) < 4.78 is 5.27. The summed E-state index contributed by atoms with van der Waals surface area (Å²) in [6.07, 6.45) is 3.51. The molecule has 0 spiro atoms. The predicted molar refractivity (Wildman–Crippen MR) is 83.0 cm³/mol. The van der Waals surface area contributed by atoms with Crippen molar-refractivity contribution in [3.8, 4) is 5.75 Å².